The van der Waals surface area contributed by atoms with E-state index in [9.17, 15) is 0 Å². The highest BCUT2D eigenvalue weighted by Gasteiger charge is 2.02. The fourth-order valence-corrected chi connectivity index (χ4v) is 2.27. The average Bonchev–Trinajstić information content (AvgIpc) is 2.53. The number of aromatic nitrogens is 2. The fourth-order valence-electron chi connectivity index (χ4n) is 2.15. The van der Waals surface area contributed by atoms with E-state index in [2.05, 4.69) is 33.5 Å². The van der Waals surface area contributed by atoms with E-state index in [-0.39, 0.29) is 0 Å². The summed E-state index contributed by atoms with van der Waals surface area (Å²) in [6.07, 6.45) is 3.54. The molecule has 0 spiro atoms. The Hall–Kier alpha value is -2.53. The third-order valence-corrected chi connectivity index (χ3v) is 3.42. The number of para-hydroxylation sites is 1. The van der Waals surface area contributed by atoms with Crippen LogP contribution in [0.4, 0.5) is 5.69 Å². The van der Waals surface area contributed by atoms with Gasteiger partial charge in [-0.1, -0.05) is 36.5 Å². The molecular formula is C16H14N4S. The molecule has 0 radical (unpaired) electrons. The molecular weight excluding hydrogens is 280 g/mol. The van der Waals surface area contributed by atoms with Crippen LogP contribution < -0.4 is 11.1 Å². The van der Waals surface area contributed by atoms with E-state index >= 15 is 0 Å². The number of pyridine rings is 2. The summed E-state index contributed by atoms with van der Waals surface area (Å²) in [4.78, 5) is 8.96. The highest BCUT2D eigenvalue weighted by Crippen LogP contribution is 2.17. The molecule has 0 saturated carbocycles. The number of fused-ring (bicyclic) bond motifs is 1. The van der Waals surface area contributed by atoms with Crippen molar-refractivity contribution in [2.45, 2.75) is 6.54 Å². The molecule has 0 fully saturated rings. The van der Waals surface area contributed by atoms with E-state index < -0.39 is 0 Å². The largest absolute Gasteiger partial charge is 0.388 e. The Balaban J connectivity index is 1.79. The second-order valence-corrected chi connectivity index (χ2v) is 5.08. The summed E-state index contributed by atoms with van der Waals surface area (Å²) in [5, 5.41) is 4.47. The first-order valence-corrected chi connectivity index (χ1v) is 6.97. The van der Waals surface area contributed by atoms with Crippen LogP contribution in [-0.2, 0) is 6.54 Å². The van der Waals surface area contributed by atoms with Crippen molar-refractivity contribution < 1.29 is 0 Å². The summed E-state index contributed by atoms with van der Waals surface area (Å²) in [7, 11) is 0. The topological polar surface area (TPSA) is 63.8 Å². The van der Waals surface area contributed by atoms with Gasteiger partial charge in [-0.25, -0.2) is 0 Å². The van der Waals surface area contributed by atoms with Crippen LogP contribution in [0.25, 0.3) is 10.9 Å². The standard InChI is InChI=1S/C16H14N4S/c17-16(21)14-7-6-13(10-20-14)19-9-12-4-1-3-11-5-2-8-18-15(11)12/h1-8,10,19H,9H2,(H2,17,21). The molecule has 2 heterocycles. The molecule has 5 heteroatoms. The van der Waals surface area contributed by atoms with E-state index in [1.165, 1.54) is 0 Å². The summed E-state index contributed by atoms with van der Waals surface area (Å²) in [6.45, 7) is 0.683. The lowest BCUT2D eigenvalue weighted by atomic mass is 10.1. The fraction of sp³-hybridized carbons (Fsp3) is 0.0625. The molecule has 0 aliphatic heterocycles. The second-order valence-electron chi connectivity index (χ2n) is 4.64. The van der Waals surface area contributed by atoms with Crippen molar-refractivity contribution in [2.75, 3.05) is 5.32 Å². The molecule has 3 aromatic rings. The maximum Gasteiger partial charge on any atom is 0.122 e. The first kappa shape index (κ1) is 13.5. The molecule has 21 heavy (non-hydrogen) atoms. The lowest BCUT2D eigenvalue weighted by Gasteiger charge is -2.09. The monoisotopic (exact) mass is 294 g/mol. The number of benzene rings is 1. The van der Waals surface area contributed by atoms with Crippen LogP contribution in [0.1, 0.15) is 11.3 Å². The molecule has 2 aromatic heterocycles. The highest BCUT2D eigenvalue weighted by atomic mass is 32.1. The van der Waals surface area contributed by atoms with Crippen LogP contribution in [0.5, 0.6) is 0 Å². The van der Waals surface area contributed by atoms with Gasteiger partial charge in [-0.3, -0.25) is 9.97 Å². The van der Waals surface area contributed by atoms with Gasteiger partial charge in [-0.05, 0) is 23.8 Å². The van der Waals surface area contributed by atoms with E-state index in [0.29, 0.717) is 17.2 Å². The summed E-state index contributed by atoms with van der Waals surface area (Å²) in [5.74, 6) is 0. The number of nitrogens with zero attached hydrogens (tertiary/aromatic N) is 2. The Bertz CT molecular complexity index is 778. The first-order valence-electron chi connectivity index (χ1n) is 6.56. The van der Waals surface area contributed by atoms with Crippen molar-refractivity contribution in [3.8, 4) is 0 Å². The Morgan fingerprint density at radius 2 is 1.95 bits per heavy atom. The Kier molecular flexibility index (Phi) is 3.75. The zero-order chi connectivity index (χ0) is 14.7. The summed E-state index contributed by atoms with van der Waals surface area (Å²) >= 11 is 4.89. The molecule has 3 N–H and O–H groups in total. The van der Waals surface area contributed by atoms with Crippen LogP contribution in [-0.4, -0.2) is 15.0 Å². The predicted molar refractivity (Wildman–Crippen MR) is 89.2 cm³/mol. The van der Waals surface area contributed by atoms with Gasteiger partial charge in [-0.2, -0.15) is 0 Å². The van der Waals surface area contributed by atoms with Crippen molar-refractivity contribution in [1.82, 2.24) is 9.97 Å². The van der Waals surface area contributed by atoms with Crippen molar-refractivity contribution in [3.63, 3.8) is 0 Å². The summed E-state index contributed by atoms with van der Waals surface area (Å²) < 4.78 is 0. The van der Waals surface area contributed by atoms with Gasteiger partial charge >= 0.3 is 0 Å². The molecule has 0 aliphatic rings. The van der Waals surface area contributed by atoms with Crippen LogP contribution in [0, 0.1) is 0 Å². The van der Waals surface area contributed by atoms with E-state index in [4.69, 9.17) is 18.0 Å². The van der Waals surface area contributed by atoms with Gasteiger partial charge in [-0.15, -0.1) is 0 Å². The Morgan fingerprint density at radius 1 is 1.10 bits per heavy atom. The van der Waals surface area contributed by atoms with Crippen LogP contribution in [0.2, 0.25) is 0 Å². The van der Waals surface area contributed by atoms with Gasteiger partial charge in [0, 0.05) is 18.1 Å². The summed E-state index contributed by atoms with van der Waals surface area (Å²) in [6, 6.07) is 13.9. The molecule has 0 saturated heterocycles. The predicted octanol–water partition coefficient (Wildman–Crippen LogP) is 2.88. The quantitative estimate of drug-likeness (QED) is 0.724. The van der Waals surface area contributed by atoms with Crippen molar-refractivity contribution >= 4 is 33.8 Å². The van der Waals surface area contributed by atoms with Crippen molar-refractivity contribution in [1.29, 1.82) is 0 Å². The summed E-state index contributed by atoms with van der Waals surface area (Å²) in [5.41, 5.74) is 9.24. The van der Waals surface area contributed by atoms with E-state index in [1.54, 1.807) is 6.20 Å². The van der Waals surface area contributed by atoms with Crippen molar-refractivity contribution in [3.05, 3.63) is 66.1 Å². The zero-order valence-corrected chi connectivity index (χ0v) is 12.1. The molecule has 3 rings (SSSR count). The Morgan fingerprint density at radius 3 is 2.71 bits per heavy atom. The normalized spacial score (nSPS) is 10.5. The SMILES string of the molecule is NC(=S)c1ccc(NCc2cccc3cccnc23)cn1. The molecule has 0 unspecified atom stereocenters. The minimum atomic E-state index is 0.305. The number of nitrogens with two attached hydrogens (primary N) is 1. The van der Waals surface area contributed by atoms with Gasteiger partial charge < -0.3 is 11.1 Å². The average molecular weight is 294 g/mol. The van der Waals surface area contributed by atoms with Crippen LogP contribution in [0.15, 0.2) is 54.9 Å². The maximum absolute atomic E-state index is 5.53. The first-order chi connectivity index (χ1) is 10.2. The molecule has 0 amide bonds. The van der Waals surface area contributed by atoms with Crippen LogP contribution in [0.3, 0.4) is 0 Å². The molecule has 4 nitrogen and oxygen atoms in total. The van der Waals surface area contributed by atoms with Crippen molar-refractivity contribution in [2.24, 2.45) is 5.73 Å². The number of hydrogen-bond donors (Lipinski definition) is 2. The Labute approximate surface area is 128 Å². The van der Waals surface area contributed by atoms with Gasteiger partial charge in [0.1, 0.15) is 4.99 Å². The number of thiocarbonyl (C=S) groups is 1. The van der Waals surface area contributed by atoms with Gasteiger partial charge in [0.2, 0.25) is 0 Å². The molecule has 0 atom stereocenters. The molecule has 0 bridgehead atoms. The molecule has 0 aliphatic carbocycles. The molecule has 1 aromatic carbocycles. The third-order valence-electron chi connectivity index (χ3n) is 3.22. The third kappa shape index (κ3) is 2.98. The highest BCUT2D eigenvalue weighted by molar-refractivity contribution is 7.80. The van der Waals surface area contributed by atoms with Crippen LogP contribution >= 0.6 is 12.2 Å². The van der Waals surface area contributed by atoms with Gasteiger partial charge in [0.15, 0.2) is 0 Å². The lowest BCUT2D eigenvalue weighted by Crippen LogP contribution is -2.11. The number of hydrogen-bond acceptors (Lipinski definition) is 4. The lowest BCUT2D eigenvalue weighted by molar-refractivity contribution is 1.14. The second kappa shape index (κ2) is 5.85. The van der Waals surface area contributed by atoms with E-state index in [0.717, 1.165) is 22.2 Å². The minimum absolute atomic E-state index is 0.305. The molecule has 104 valence electrons. The maximum atomic E-state index is 5.53. The zero-order valence-electron chi connectivity index (χ0n) is 11.3. The van der Waals surface area contributed by atoms with Gasteiger partial charge in [0.05, 0.1) is 23.1 Å². The minimum Gasteiger partial charge on any atom is -0.388 e. The number of rotatable bonds is 4. The number of anilines is 1. The smallest absolute Gasteiger partial charge is 0.122 e. The van der Waals surface area contributed by atoms with E-state index in [1.807, 2.05) is 30.5 Å². The number of nitrogens with one attached hydrogen (secondary N) is 1. The van der Waals surface area contributed by atoms with Gasteiger partial charge in [0.25, 0.3) is 0 Å².